The zero-order chi connectivity index (χ0) is 15.0. The van der Waals surface area contributed by atoms with Crippen LogP contribution in [0.25, 0.3) is 0 Å². The van der Waals surface area contributed by atoms with Gasteiger partial charge in [-0.15, -0.1) is 0 Å². The Morgan fingerprint density at radius 1 is 1.10 bits per heavy atom. The number of carbonyl (C=O) groups excluding carboxylic acids is 1. The molecule has 0 amide bonds. The van der Waals surface area contributed by atoms with Crippen molar-refractivity contribution in [2.24, 2.45) is 0 Å². The van der Waals surface area contributed by atoms with Gasteiger partial charge in [0.05, 0.1) is 12.2 Å². The predicted octanol–water partition coefficient (Wildman–Crippen LogP) is 4.64. The summed E-state index contributed by atoms with van der Waals surface area (Å²) < 4.78 is 5.77. The third kappa shape index (κ3) is 2.61. The number of ether oxygens (including phenoxy) is 1. The van der Waals surface area contributed by atoms with E-state index in [-0.39, 0.29) is 10.8 Å². The lowest BCUT2D eigenvalue weighted by Gasteiger charge is -2.42. The first-order valence-corrected chi connectivity index (χ1v) is 7.59. The molecule has 0 heterocycles. The summed E-state index contributed by atoms with van der Waals surface area (Å²) in [5, 5.41) is 0. The molecule has 0 spiro atoms. The second kappa shape index (κ2) is 5.23. The Morgan fingerprint density at radius 2 is 1.65 bits per heavy atom. The van der Waals surface area contributed by atoms with Crippen molar-refractivity contribution < 1.29 is 9.53 Å². The summed E-state index contributed by atoms with van der Waals surface area (Å²) in [5.74, 6) is 0.742. The van der Waals surface area contributed by atoms with E-state index in [0.29, 0.717) is 12.2 Å². The van der Waals surface area contributed by atoms with Crippen LogP contribution < -0.4 is 4.74 Å². The fraction of sp³-hybridized carbons (Fsp3) is 0.611. The van der Waals surface area contributed by atoms with E-state index in [0.717, 1.165) is 24.9 Å². The maximum Gasteiger partial charge on any atom is 0.153 e. The lowest BCUT2D eigenvalue weighted by Crippen LogP contribution is -2.34. The van der Waals surface area contributed by atoms with Crippen molar-refractivity contribution in [2.45, 2.75) is 64.7 Å². The van der Waals surface area contributed by atoms with Gasteiger partial charge in [-0.25, -0.2) is 0 Å². The van der Waals surface area contributed by atoms with Crippen molar-refractivity contribution >= 4 is 6.29 Å². The third-order valence-electron chi connectivity index (χ3n) is 4.57. The van der Waals surface area contributed by atoms with Crippen LogP contribution in [0.5, 0.6) is 5.75 Å². The van der Waals surface area contributed by atoms with Gasteiger partial charge in [0, 0.05) is 0 Å². The molecular formula is C18H26O2. The van der Waals surface area contributed by atoms with Crippen molar-refractivity contribution in [1.29, 1.82) is 0 Å². The lowest BCUT2D eigenvalue weighted by molar-refractivity contribution is 0.111. The lowest BCUT2D eigenvalue weighted by atomic mass is 9.63. The van der Waals surface area contributed by atoms with Crippen LogP contribution in [-0.2, 0) is 10.8 Å². The molecule has 2 rings (SSSR count). The molecule has 0 unspecified atom stereocenters. The molecule has 1 aliphatic carbocycles. The minimum Gasteiger partial charge on any atom is -0.493 e. The Morgan fingerprint density at radius 3 is 2.15 bits per heavy atom. The Hall–Kier alpha value is -1.31. The summed E-state index contributed by atoms with van der Waals surface area (Å²) >= 11 is 0. The Balaban J connectivity index is 2.58. The molecule has 0 bridgehead atoms. The fourth-order valence-corrected chi connectivity index (χ4v) is 3.04. The van der Waals surface area contributed by atoms with Crippen LogP contribution in [0.15, 0.2) is 12.1 Å². The van der Waals surface area contributed by atoms with Crippen molar-refractivity contribution in [3.05, 3.63) is 28.8 Å². The summed E-state index contributed by atoms with van der Waals surface area (Å²) in [6, 6.07) is 4.16. The van der Waals surface area contributed by atoms with Gasteiger partial charge in [-0.3, -0.25) is 4.79 Å². The molecule has 0 N–H and O–H groups in total. The number of fused-ring (bicyclic) bond motifs is 1. The highest BCUT2D eigenvalue weighted by atomic mass is 16.5. The minimum absolute atomic E-state index is 0.131. The van der Waals surface area contributed by atoms with E-state index in [1.165, 1.54) is 17.5 Å². The first kappa shape index (κ1) is 15.1. The minimum atomic E-state index is 0.131. The number of benzene rings is 1. The molecule has 0 fully saturated rings. The molecule has 1 aromatic rings. The van der Waals surface area contributed by atoms with Crippen LogP contribution in [0.2, 0.25) is 0 Å². The third-order valence-corrected chi connectivity index (χ3v) is 4.57. The van der Waals surface area contributed by atoms with Gasteiger partial charge >= 0.3 is 0 Å². The molecule has 0 aromatic heterocycles. The van der Waals surface area contributed by atoms with Gasteiger partial charge in [-0.05, 0) is 53.4 Å². The van der Waals surface area contributed by atoms with Gasteiger partial charge in [0.15, 0.2) is 6.29 Å². The zero-order valence-electron chi connectivity index (χ0n) is 13.4. The maximum absolute atomic E-state index is 11.4. The van der Waals surface area contributed by atoms with Crippen molar-refractivity contribution in [3.63, 3.8) is 0 Å². The Kier molecular flexibility index (Phi) is 3.95. The fourth-order valence-electron chi connectivity index (χ4n) is 3.04. The summed E-state index contributed by atoms with van der Waals surface area (Å²) in [6.45, 7) is 11.8. The number of hydrogen-bond donors (Lipinski definition) is 0. The van der Waals surface area contributed by atoms with E-state index in [9.17, 15) is 4.79 Å². The summed E-state index contributed by atoms with van der Waals surface area (Å²) in [7, 11) is 0. The zero-order valence-corrected chi connectivity index (χ0v) is 13.4. The SMILES string of the molecule is CCCOc1cc2c(cc1C=O)C(C)(C)CCC2(C)C. The van der Waals surface area contributed by atoms with Crippen LogP contribution in [0.1, 0.15) is 75.4 Å². The molecule has 1 aliphatic rings. The van der Waals surface area contributed by atoms with Crippen LogP contribution in [0.4, 0.5) is 0 Å². The number of hydrogen-bond acceptors (Lipinski definition) is 2. The van der Waals surface area contributed by atoms with E-state index >= 15 is 0 Å². The van der Waals surface area contributed by atoms with Crippen molar-refractivity contribution in [2.75, 3.05) is 6.61 Å². The second-order valence-electron chi connectivity index (χ2n) is 7.17. The van der Waals surface area contributed by atoms with Gasteiger partial charge in [0.2, 0.25) is 0 Å². The summed E-state index contributed by atoms with van der Waals surface area (Å²) in [5.41, 5.74) is 3.61. The highest BCUT2D eigenvalue weighted by Crippen LogP contribution is 2.47. The Labute approximate surface area is 122 Å². The molecule has 110 valence electrons. The molecule has 0 saturated carbocycles. The molecule has 0 radical (unpaired) electrons. The highest BCUT2D eigenvalue weighted by Gasteiger charge is 2.37. The van der Waals surface area contributed by atoms with Gasteiger partial charge in [-0.1, -0.05) is 34.6 Å². The number of rotatable bonds is 4. The first-order chi connectivity index (χ1) is 9.31. The van der Waals surface area contributed by atoms with Crippen LogP contribution in [0.3, 0.4) is 0 Å². The van der Waals surface area contributed by atoms with Gasteiger partial charge in [0.1, 0.15) is 5.75 Å². The first-order valence-electron chi connectivity index (χ1n) is 7.59. The maximum atomic E-state index is 11.4. The molecule has 0 saturated heterocycles. The summed E-state index contributed by atoms with van der Waals surface area (Å²) in [6.07, 6.45) is 4.19. The van der Waals surface area contributed by atoms with E-state index in [1.807, 2.05) is 6.07 Å². The van der Waals surface area contributed by atoms with Gasteiger partial charge in [0.25, 0.3) is 0 Å². The van der Waals surface area contributed by atoms with Gasteiger partial charge in [-0.2, -0.15) is 0 Å². The van der Waals surface area contributed by atoms with E-state index in [2.05, 4.69) is 40.7 Å². The second-order valence-corrected chi connectivity index (χ2v) is 7.17. The van der Waals surface area contributed by atoms with Crippen LogP contribution in [-0.4, -0.2) is 12.9 Å². The van der Waals surface area contributed by atoms with Crippen LogP contribution in [0, 0.1) is 0 Å². The average Bonchev–Trinajstić information content (AvgIpc) is 2.41. The normalized spacial score (nSPS) is 19.2. The highest BCUT2D eigenvalue weighted by molar-refractivity contribution is 5.80. The predicted molar refractivity (Wildman–Crippen MR) is 82.9 cm³/mol. The van der Waals surface area contributed by atoms with Crippen LogP contribution >= 0.6 is 0 Å². The molecule has 2 heteroatoms. The topological polar surface area (TPSA) is 26.3 Å². The van der Waals surface area contributed by atoms with Crippen molar-refractivity contribution in [1.82, 2.24) is 0 Å². The van der Waals surface area contributed by atoms with Crippen molar-refractivity contribution in [3.8, 4) is 5.75 Å². The summed E-state index contributed by atoms with van der Waals surface area (Å²) in [4.78, 5) is 11.4. The monoisotopic (exact) mass is 274 g/mol. The van der Waals surface area contributed by atoms with Gasteiger partial charge < -0.3 is 4.74 Å². The average molecular weight is 274 g/mol. The molecule has 2 nitrogen and oxygen atoms in total. The molecule has 1 aromatic carbocycles. The number of aldehydes is 1. The Bertz CT molecular complexity index is 512. The largest absolute Gasteiger partial charge is 0.493 e. The molecule has 0 aliphatic heterocycles. The van der Waals surface area contributed by atoms with E-state index in [1.54, 1.807) is 0 Å². The van der Waals surface area contributed by atoms with E-state index < -0.39 is 0 Å². The molecule has 0 atom stereocenters. The molecule has 20 heavy (non-hydrogen) atoms. The smallest absolute Gasteiger partial charge is 0.153 e. The molecular weight excluding hydrogens is 248 g/mol. The standard InChI is InChI=1S/C18H26O2/c1-6-9-20-16-11-15-14(10-13(16)12-19)17(2,3)7-8-18(15,4)5/h10-12H,6-9H2,1-5H3. The quantitative estimate of drug-likeness (QED) is 0.748. The number of carbonyl (C=O) groups is 1. The van der Waals surface area contributed by atoms with E-state index in [4.69, 9.17) is 4.74 Å².